The van der Waals surface area contributed by atoms with Gasteiger partial charge in [-0.05, 0) is 42.9 Å². The van der Waals surface area contributed by atoms with Crippen LogP contribution >= 0.6 is 0 Å². The topological polar surface area (TPSA) is 35.2 Å². The van der Waals surface area contributed by atoms with Crippen LogP contribution in [-0.4, -0.2) is 6.61 Å². The summed E-state index contributed by atoms with van der Waals surface area (Å²) in [5.41, 5.74) is 8.00. The minimum atomic E-state index is 0.741. The zero-order valence-electron chi connectivity index (χ0n) is 10.0. The zero-order chi connectivity index (χ0) is 11.4. The average Bonchev–Trinajstić information content (AvgIpc) is 2.80. The molecule has 0 unspecified atom stereocenters. The van der Waals surface area contributed by atoms with E-state index in [2.05, 4.69) is 13.0 Å². The van der Waals surface area contributed by atoms with E-state index in [1.807, 2.05) is 12.1 Å². The molecule has 0 spiro atoms. The summed E-state index contributed by atoms with van der Waals surface area (Å²) in [5.74, 6) is 1.59. The molecule has 0 aromatic heterocycles. The van der Waals surface area contributed by atoms with Crippen molar-refractivity contribution in [2.24, 2.45) is 5.92 Å². The van der Waals surface area contributed by atoms with Crippen LogP contribution in [0, 0.1) is 5.92 Å². The van der Waals surface area contributed by atoms with Gasteiger partial charge >= 0.3 is 0 Å². The Morgan fingerprint density at radius 2 is 2.06 bits per heavy atom. The molecule has 0 bridgehead atoms. The number of aryl methyl sites for hydroxylation is 1. The molecule has 1 saturated carbocycles. The third-order valence-electron chi connectivity index (χ3n) is 3.43. The molecule has 2 N–H and O–H groups in total. The first-order valence-corrected chi connectivity index (χ1v) is 6.30. The Bertz CT molecular complexity index is 343. The third kappa shape index (κ3) is 2.69. The van der Waals surface area contributed by atoms with Crippen LogP contribution in [0.1, 0.15) is 38.2 Å². The molecule has 16 heavy (non-hydrogen) atoms. The van der Waals surface area contributed by atoms with Crippen LogP contribution in [-0.2, 0) is 6.42 Å². The van der Waals surface area contributed by atoms with E-state index in [9.17, 15) is 0 Å². The molecule has 2 rings (SSSR count). The molecule has 0 heterocycles. The van der Waals surface area contributed by atoms with Gasteiger partial charge in [0.1, 0.15) is 5.75 Å². The van der Waals surface area contributed by atoms with Crippen LogP contribution in [0.3, 0.4) is 0 Å². The van der Waals surface area contributed by atoms with Crippen LogP contribution in [0.4, 0.5) is 5.69 Å². The summed E-state index contributed by atoms with van der Waals surface area (Å²) in [5, 5.41) is 0. The van der Waals surface area contributed by atoms with Gasteiger partial charge in [-0.2, -0.15) is 0 Å². The molecule has 0 amide bonds. The predicted octanol–water partition coefficient (Wildman–Crippen LogP) is 3.40. The molecule has 1 aromatic carbocycles. The summed E-state index contributed by atoms with van der Waals surface area (Å²) in [6, 6.07) is 6.12. The fraction of sp³-hybridized carbons (Fsp3) is 0.571. The number of anilines is 1. The number of nitrogens with two attached hydrogens (primary N) is 1. The lowest BCUT2D eigenvalue weighted by atomic mass is 10.1. The quantitative estimate of drug-likeness (QED) is 0.788. The van der Waals surface area contributed by atoms with E-state index in [-0.39, 0.29) is 0 Å². The Morgan fingerprint density at radius 3 is 2.69 bits per heavy atom. The molecule has 0 aliphatic heterocycles. The highest BCUT2D eigenvalue weighted by atomic mass is 16.5. The van der Waals surface area contributed by atoms with Gasteiger partial charge < -0.3 is 10.5 Å². The molecule has 0 saturated heterocycles. The molecule has 0 atom stereocenters. The maximum Gasteiger partial charge on any atom is 0.142 e. The molecule has 1 aromatic rings. The lowest BCUT2D eigenvalue weighted by molar-refractivity contribution is 0.253. The molecule has 1 aliphatic rings. The second-order valence-corrected chi connectivity index (χ2v) is 4.69. The first-order valence-electron chi connectivity index (χ1n) is 6.30. The lowest BCUT2D eigenvalue weighted by Gasteiger charge is -2.13. The van der Waals surface area contributed by atoms with Crippen molar-refractivity contribution in [1.29, 1.82) is 0 Å². The molecule has 0 radical (unpaired) electrons. The van der Waals surface area contributed by atoms with Gasteiger partial charge in [-0.3, -0.25) is 0 Å². The fourth-order valence-corrected chi connectivity index (χ4v) is 2.33. The van der Waals surface area contributed by atoms with Gasteiger partial charge in [-0.15, -0.1) is 0 Å². The molecule has 1 aliphatic carbocycles. The molecule has 2 heteroatoms. The number of ether oxygens (including phenoxy) is 1. The SMILES string of the molecule is CCc1ccc(OCC2CCCC2)c(N)c1. The van der Waals surface area contributed by atoms with E-state index in [0.29, 0.717) is 0 Å². The number of hydrogen-bond donors (Lipinski definition) is 1. The van der Waals surface area contributed by atoms with Gasteiger partial charge in [0.15, 0.2) is 0 Å². The van der Waals surface area contributed by atoms with Crippen molar-refractivity contribution in [3.05, 3.63) is 23.8 Å². The van der Waals surface area contributed by atoms with Crippen molar-refractivity contribution < 1.29 is 4.74 Å². The van der Waals surface area contributed by atoms with Gasteiger partial charge in [0.05, 0.1) is 12.3 Å². The van der Waals surface area contributed by atoms with Gasteiger partial charge in [0.25, 0.3) is 0 Å². The summed E-state index contributed by atoms with van der Waals surface area (Å²) in [4.78, 5) is 0. The normalized spacial score (nSPS) is 16.6. The van der Waals surface area contributed by atoms with E-state index >= 15 is 0 Å². The maximum atomic E-state index is 5.96. The Kier molecular flexibility index (Phi) is 3.70. The first-order chi connectivity index (χ1) is 7.79. The van der Waals surface area contributed by atoms with Crippen LogP contribution in [0.5, 0.6) is 5.75 Å². The van der Waals surface area contributed by atoms with Crippen molar-refractivity contribution in [2.45, 2.75) is 39.0 Å². The standard InChI is InChI=1S/C14H21NO/c1-2-11-7-8-14(13(15)9-11)16-10-12-5-3-4-6-12/h7-9,12H,2-6,10,15H2,1H3. The predicted molar refractivity (Wildman–Crippen MR) is 67.7 cm³/mol. The second kappa shape index (κ2) is 5.24. The summed E-state index contributed by atoms with van der Waals surface area (Å²) < 4.78 is 5.80. The van der Waals surface area contributed by atoms with Gasteiger partial charge in [0, 0.05) is 0 Å². The fourth-order valence-electron chi connectivity index (χ4n) is 2.33. The lowest BCUT2D eigenvalue weighted by Crippen LogP contribution is -2.09. The van der Waals surface area contributed by atoms with Crippen LogP contribution in [0.2, 0.25) is 0 Å². The Hall–Kier alpha value is -1.18. The Labute approximate surface area is 97.8 Å². The van der Waals surface area contributed by atoms with Crippen molar-refractivity contribution in [1.82, 2.24) is 0 Å². The molecule has 1 fully saturated rings. The smallest absolute Gasteiger partial charge is 0.142 e. The zero-order valence-corrected chi connectivity index (χ0v) is 10.0. The maximum absolute atomic E-state index is 5.96. The van der Waals surface area contributed by atoms with E-state index < -0.39 is 0 Å². The van der Waals surface area contributed by atoms with Crippen LogP contribution in [0.25, 0.3) is 0 Å². The highest BCUT2D eigenvalue weighted by molar-refractivity contribution is 5.54. The van der Waals surface area contributed by atoms with Crippen LogP contribution < -0.4 is 10.5 Å². The summed E-state index contributed by atoms with van der Waals surface area (Å²) in [6.07, 6.45) is 6.36. The van der Waals surface area contributed by atoms with Crippen LogP contribution in [0.15, 0.2) is 18.2 Å². The third-order valence-corrected chi connectivity index (χ3v) is 3.43. The number of nitrogen functional groups attached to an aromatic ring is 1. The minimum Gasteiger partial charge on any atom is -0.491 e. The number of benzene rings is 1. The second-order valence-electron chi connectivity index (χ2n) is 4.69. The monoisotopic (exact) mass is 219 g/mol. The largest absolute Gasteiger partial charge is 0.491 e. The molecular formula is C14H21NO. The Balaban J connectivity index is 1.93. The first kappa shape index (κ1) is 11.3. The van der Waals surface area contributed by atoms with E-state index in [1.54, 1.807) is 0 Å². The number of hydrogen-bond acceptors (Lipinski definition) is 2. The van der Waals surface area contributed by atoms with Crippen molar-refractivity contribution in [3.63, 3.8) is 0 Å². The van der Waals surface area contributed by atoms with Gasteiger partial charge in [-0.25, -0.2) is 0 Å². The summed E-state index contributed by atoms with van der Waals surface area (Å²) >= 11 is 0. The summed E-state index contributed by atoms with van der Waals surface area (Å²) in [7, 11) is 0. The van der Waals surface area contributed by atoms with E-state index in [1.165, 1.54) is 31.2 Å². The average molecular weight is 219 g/mol. The molecule has 2 nitrogen and oxygen atoms in total. The Morgan fingerprint density at radius 1 is 1.31 bits per heavy atom. The van der Waals surface area contributed by atoms with Gasteiger partial charge in [0.2, 0.25) is 0 Å². The van der Waals surface area contributed by atoms with Crippen molar-refractivity contribution >= 4 is 5.69 Å². The van der Waals surface area contributed by atoms with Gasteiger partial charge in [-0.1, -0.05) is 25.8 Å². The van der Waals surface area contributed by atoms with Crippen molar-refractivity contribution in [3.8, 4) is 5.75 Å². The highest BCUT2D eigenvalue weighted by Gasteiger charge is 2.15. The van der Waals surface area contributed by atoms with E-state index in [0.717, 1.165) is 30.4 Å². The number of rotatable bonds is 4. The highest BCUT2D eigenvalue weighted by Crippen LogP contribution is 2.28. The van der Waals surface area contributed by atoms with E-state index in [4.69, 9.17) is 10.5 Å². The summed E-state index contributed by atoms with van der Waals surface area (Å²) in [6.45, 7) is 2.96. The van der Waals surface area contributed by atoms with Crippen molar-refractivity contribution in [2.75, 3.05) is 12.3 Å². The molecule has 88 valence electrons. The molecular weight excluding hydrogens is 198 g/mol. The minimum absolute atomic E-state index is 0.741.